The number of nitrogens with zero attached hydrogens (tertiary/aromatic N) is 3. The first-order chi connectivity index (χ1) is 28.7. The maximum atomic E-state index is 5.09. The number of hydrogen-bond acceptors (Lipinski definition) is 3. The summed E-state index contributed by atoms with van der Waals surface area (Å²) in [6.45, 7) is 0. The molecule has 0 amide bonds. The molecule has 1 heterocycles. The van der Waals surface area contributed by atoms with Gasteiger partial charge in [0.25, 0.3) is 0 Å². The van der Waals surface area contributed by atoms with Gasteiger partial charge in [0.2, 0.25) is 0 Å². The van der Waals surface area contributed by atoms with Crippen LogP contribution in [0.1, 0.15) is 0 Å². The molecule has 0 saturated carbocycles. The summed E-state index contributed by atoms with van der Waals surface area (Å²) in [6, 6.07) is 79.0. The van der Waals surface area contributed by atoms with Crippen LogP contribution in [-0.2, 0) is 0 Å². The maximum absolute atomic E-state index is 5.09. The quantitative estimate of drug-likeness (QED) is 0.156. The van der Waals surface area contributed by atoms with E-state index < -0.39 is 0 Å². The number of aromatic nitrogens is 3. The minimum Gasteiger partial charge on any atom is -0.208 e. The van der Waals surface area contributed by atoms with Gasteiger partial charge in [-0.1, -0.05) is 218 Å². The van der Waals surface area contributed by atoms with Gasteiger partial charge in [0.05, 0.1) is 0 Å². The summed E-state index contributed by atoms with van der Waals surface area (Å²) in [5, 5.41) is 2.46. The largest absolute Gasteiger partial charge is 0.208 e. The van der Waals surface area contributed by atoms with Gasteiger partial charge in [-0.15, -0.1) is 0 Å². The SMILES string of the molecule is c1ccc(-c2ccc(-c3nc(-c4ccc(-c5ccccc5)cc4)nc(-c4ccc(-c5cccc(-c6ccc7ccccc7c6)c5-c5ccccc5)cc4)n3)cc2)cc1. The van der Waals surface area contributed by atoms with E-state index in [9.17, 15) is 0 Å². The molecule has 0 N–H and O–H groups in total. The highest BCUT2D eigenvalue weighted by Crippen LogP contribution is 2.41. The number of hydrogen-bond donors (Lipinski definition) is 0. The van der Waals surface area contributed by atoms with Crippen LogP contribution in [0.2, 0.25) is 0 Å². The van der Waals surface area contributed by atoms with E-state index in [0.29, 0.717) is 17.5 Å². The molecule has 0 aliphatic heterocycles. The van der Waals surface area contributed by atoms with Gasteiger partial charge < -0.3 is 0 Å². The first-order valence-electron chi connectivity index (χ1n) is 19.6. The first-order valence-corrected chi connectivity index (χ1v) is 19.6. The number of fused-ring (bicyclic) bond motifs is 1. The van der Waals surface area contributed by atoms with Gasteiger partial charge in [0, 0.05) is 16.7 Å². The fourth-order valence-electron chi connectivity index (χ4n) is 7.75. The van der Waals surface area contributed by atoms with E-state index in [4.69, 9.17) is 15.0 Å². The average Bonchev–Trinajstić information content (AvgIpc) is 3.32. The van der Waals surface area contributed by atoms with E-state index in [1.165, 1.54) is 44.2 Å². The second-order valence-electron chi connectivity index (χ2n) is 14.4. The molecule has 10 aromatic rings. The van der Waals surface area contributed by atoms with Gasteiger partial charge in [0.15, 0.2) is 17.5 Å². The maximum Gasteiger partial charge on any atom is 0.164 e. The van der Waals surface area contributed by atoms with E-state index >= 15 is 0 Å². The van der Waals surface area contributed by atoms with E-state index in [1.807, 2.05) is 12.1 Å². The fraction of sp³-hybridized carbons (Fsp3) is 0. The highest BCUT2D eigenvalue weighted by atomic mass is 15.0. The highest BCUT2D eigenvalue weighted by molar-refractivity contribution is 5.97. The molecule has 0 saturated heterocycles. The monoisotopic (exact) mass is 739 g/mol. The predicted molar refractivity (Wildman–Crippen MR) is 241 cm³/mol. The molecule has 10 rings (SSSR count). The zero-order valence-corrected chi connectivity index (χ0v) is 31.7. The summed E-state index contributed by atoms with van der Waals surface area (Å²) < 4.78 is 0. The van der Waals surface area contributed by atoms with Crippen molar-refractivity contribution in [1.82, 2.24) is 15.0 Å². The van der Waals surface area contributed by atoms with Gasteiger partial charge in [-0.3, -0.25) is 0 Å². The summed E-state index contributed by atoms with van der Waals surface area (Å²) in [4.78, 5) is 15.2. The normalized spacial score (nSPS) is 11.1. The Bertz CT molecular complexity index is 2890. The van der Waals surface area contributed by atoms with Gasteiger partial charge in [-0.2, -0.15) is 0 Å². The molecular weight excluding hydrogens is 703 g/mol. The third-order valence-electron chi connectivity index (χ3n) is 10.8. The van der Waals surface area contributed by atoms with Gasteiger partial charge in [0.1, 0.15) is 0 Å². The molecule has 0 atom stereocenters. The fourth-order valence-corrected chi connectivity index (χ4v) is 7.75. The Morgan fingerprint density at radius 2 is 0.552 bits per heavy atom. The Hall–Kier alpha value is -7.75. The predicted octanol–water partition coefficient (Wildman–Crippen LogP) is 14.4. The molecule has 0 fully saturated rings. The third kappa shape index (κ3) is 6.98. The molecule has 0 radical (unpaired) electrons. The molecule has 0 spiro atoms. The second-order valence-corrected chi connectivity index (χ2v) is 14.4. The molecular formula is C55H37N3. The zero-order chi connectivity index (χ0) is 38.7. The molecule has 58 heavy (non-hydrogen) atoms. The second kappa shape index (κ2) is 15.4. The molecule has 1 aromatic heterocycles. The third-order valence-corrected chi connectivity index (χ3v) is 10.8. The van der Waals surface area contributed by atoms with Crippen molar-refractivity contribution >= 4 is 10.8 Å². The summed E-state index contributed by atoms with van der Waals surface area (Å²) in [7, 11) is 0. The minimum atomic E-state index is 0.624. The molecule has 0 bridgehead atoms. The Labute approximate surface area is 338 Å². The summed E-state index contributed by atoms with van der Waals surface area (Å²) in [5.41, 5.74) is 14.5. The van der Waals surface area contributed by atoms with Crippen molar-refractivity contribution in [3.8, 4) is 89.8 Å². The summed E-state index contributed by atoms with van der Waals surface area (Å²) in [5.74, 6) is 1.88. The van der Waals surface area contributed by atoms with Crippen molar-refractivity contribution in [2.24, 2.45) is 0 Å². The Morgan fingerprint density at radius 1 is 0.207 bits per heavy atom. The summed E-state index contributed by atoms with van der Waals surface area (Å²) >= 11 is 0. The highest BCUT2D eigenvalue weighted by Gasteiger charge is 2.17. The van der Waals surface area contributed by atoms with Crippen molar-refractivity contribution in [1.29, 1.82) is 0 Å². The smallest absolute Gasteiger partial charge is 0.164 e. The number of benzene rings is 9. The van der Waals surface area contributed by atoms with E-state index in [1.54, 1.807) is 0 Å². The Morgan fingerprint density at radius 3 is 1.03 bits per heavy atom. The molecule has 0 aliphatic carbocycles. The van der Waals surface area contributed by atoms with Crippen LogP contribution in [-0.4, -0.2) is 15.0 Å². The van der Waals surface area contributed by atoms with Crippen molar-refractivity contribution in [2.75, 3.05) is 0 Å². The first kappa shape index (κ1) is 34.7. The van der Waals surface area contributed by atoms with Crippen molar-refractivity contribution in [3.63, 3.8) is 0 Å². The van der Waals surface area contributed by atoms with Crippen LogP contribution in [0.15, 0.2) is 224 Å². The molecule has 3 nitrogen and oxygen atoms in total. The van der Waals surface area contributed by atoms with Crippen molar-refractivity contribution in [3.05, 3.63) is 224 Å². The van der Waals surface area contributed by atoms with Crippen LogP contribution < -0.4 is 0 Å². The van der Waals surface area contributed by atoms with Crippen LogP contribution in [0.3, 0.4) is 0 Å². The van der Waals surface area contributed by atoms with E-state index in [0.717, 1.165) is 38.9 Å². The molecule has 9 aromatic carbocycles. The minimum absolute atomic E-state index is 0.624. The van der Waals surface area contributed by atoms with E-state index in [-0.39, 0.29) is 0 Å². The standard InChI is InChI=1S/C55H37N3/c1-4-13-38(14-5-1)41-23-30-45(31-24-41)53-56-54(46-32-25-42(26-33-46)39-15-6-2-7-16-39)58-55(57-53)47-34-28-43(29-35-47)50-21-12-22-51(52(50)44-18-8-3-9-19-44)49-36-27-40-17-10-11-20-48(40)37-49/h1-37H. The topological polar surface area (TPSA) is 38.7 Å². The van der Waals surface area contributed by atoms with Crippen LogP contribution in [0, 0.1) is 0 Å². The van der Waals surface area contributed by atoms with Crippen molar-refractivity contribution < 1.29 is 0 Å². The Kier molecular flexibility index (Phi) is 9.23. The van der Waals surface area contributed by atoms with Crippen LogP contribution in [0.4, 0.5) is 0 Å². The van der Waals surface area contributed by atoms with Crippen LogP contribution >= 0.6 is 0 Å². The average molecular weight is 740 g/mol. The lowest BCUT2D eigenvalue weighted by atomic mass is 9.87. The van der Waals surface area contributed by atoms with Crippen LogP contribution in [0.5, 0.6) is 0 Å². The summed E-state index contributed by atoms with van der Waals surface area (Å²) in [6.07, 6.45) is 0. The molecule has 0 aliphatic rings. The van der Waals surface area contributed by atoms with Gasteiger partial charge in [-0.05, 0) is 72.5 Å². The zero-order valence-electron chi connectivity index (χ0n) is 31.7. The van der Waals surface area contributed by atoms with Gasteiger partial charge in [-0.25, -0.2) is 15.0 Å². The number of rotatable bonds is 8. The van der Waals surface area contributed by atoms with E-state index in [2.05, 4.69) is 212 Å². The molecule has 3 heteroatoms. The molecule has 272 valence electrons. The lowest BCUT2D eigenvalue weighted by Gasteiger charge is -2.17. The Balaban J connectivity index is 1.06. The van der Waals surface area contributed by atoms with Crippen molar-refractivity contribution in [2.45, 2.75) is 0 Å². The lowest BCUT2D eigenvalue weighted by molar-refractivity contribution is 1.07. The lowest BCUT2D eigenvalue weighted by Crippen LogP contribution is -2.00. The molecule has 0 unspecified atom stereocenters. The van der Waals surface area contributed by atoms with Gasteiger partial charge >= 0.3 is 0 Å². The van der Waals surface area contributed by atoms with Crippen LogP contribution in [0.25, 0.3) is 101 Å².